The van der Waals surface area contributed by atoms with Crippen LogP contribution in [0.3, 0.4) is 0 Å². The highest BCUT2D eigenvalue weighted by Crippen LogP contribution is 2.35. The molecule has 9 heteroatoms. The highest BCUT2D eigenvalue weighted by Gasteiger charge is 2.36. The molecule has 2 aliphatic rings. The van der Waals surface area contributed by atoms with Crippen LogP contribution < -0.4 is 24.4 Å². The van der Waals surface area contributed by atoms with Gasteiger partial charge in [-0.05, 0) is 66.1 Å². The van der Waals surface area contributed by atoms with Gasteiger partial charge in [0, 0.05) is 39.3 Å². The Morgan fingerprint density at radius 3 is 2.45 bits per heavy atom. The summed E-state index contributed by atoms with van der Waals surface area (Å²) in [5.41, 5.74) is 3.15. The molecule has 0 aliphatic carbocycles. The first-order valence-electron chi connectivity index (χ1n) is 13.7. The number of benzene rings is 3. The summed E-state index contributed by atoms with van der Waals surface area (Å²) in [6, 6.07) is 21.1. The predicted molar refractivity (Wildman–Crippen MR) is 154 cm³/mol. The Hall–Kier alpha value is -3.66. The van der Waals surface area contributed by atoms with E-state index in [9.17, 15) is 4.91 Å². The molecule has 0 spiro atoms. The summed E-state index contributed by atoms with van der Waals surface area (Å²) in [5, 5.41) is 6.77. The van der Waals surface area contributed by atoms with Crippen LogP contribution in [0, 0.1) is 4.91 Å². The van der Waals surface area contributed by atoms with E-state index in [1.165, 1.54) is 0 Å². The van der Waals surface area contributed by atoms with Crippen LogP contribution >= 0.6 is 0 Å². The van der Waals surface area contributed by atoms with Crippen molar-refractivity contribution in [3.05, 3.63) is 82.8 Å². The van der Waals surface area contributed by atoms with Crippen molar-refractivity contribution in [2.24, 2.45) is 5.18 Å². The van der Waals surface area contributed by atoms with Crippen molar-refractivity contribution in [3.8, 4) is 23.0 Å². The van der Waals surface area contributed by atoms with E-state index < -0.39 is 6.04 Å². The SMILES string of the molecule is COCCCN1CCOc2ccc(CO[C@H]3CNC[C@@H](N=O)[C@@H]3c3ccc(Oc4ccc(OC)cc4)cc3)cc21. The van der Waals surface area contributed by atoms with Crippen molar-refractivity contribution >= 4 is 5.69 Å². The lowest BCUT2D eigenvalue weighted by atomic mass is 9.84. The lowest BCUT2D eigenvalue weighted by Crippen LogP contribution is -2.48. The molecule has 40 heavy (non-hydrogen) atoms. The molecule has 3 atom stereocenters. The van der Waals surface area contributed by atoms with Crippen LogP contribution in [0.5, 0.6) is 23.0 Å². The Morgan fingerprint density at radius 1 is 0.975 bits per heavy atom. The maximum atomic E-state index is 11.8. The summed E-state index contributed by atoms with van der Waals surface area (Å²) in [5.74, 6) is 2.93. The summed E-state index contributed by atoms with van der Waals surface area (Å²) >= 11 is 0. The Balaban J connectivity index is 1.27. The molecule has 0 amide bonds. The average molecular weight is 548 g/mol. The molecule has 5 rings (SSSR count). The molecule has 1 N–H and O–H groups in total. The number of piperidine rings is 1. The Labute approximate surface area is 235 Å². The first-order chi connectivity index (χ1) is 19.7. The zero-order valence-corrected chi connectivity index (χ0v) is 23.1. The lowest BCUT2D eigenvalue weighted by molar-refractivity contribution is 0.00539. The molecule has 0 saturated carbocycles. The highest BCUT2D eigenvalue weighted by molar-refractivity contribution is 5.61. The van der Waals surface area contributed by atoms with Gasteiger partial charge in [0.2, 0.25) is 0 Å². The van der Waals surface area contributed by atoms with Gasteiger partial charge in [0.15, 0.2) is 0 Å². The molecule has 9 nitrogen and oxygen atoms in total. The standard InChI is InChI=1S/C31H37N3O6/c1-36-16-3-14-34-15-17-38-29-13-4-22(18-28(29)34)21-39-30-20-32-19-27(33-35)31(30)23-5-7-25(8-6-23)40-26-11-9-24(37-2)10-12-26/h4-13,18,27,30-32H,3,14-17,19-21H2,1-2H3/t27-,30+,31+/m1/s1. The summed E-state index contributed by atoms with van der Waals surface area (Å²) < 4.78 is 28.8. The molecule has 0 aromatic heterocycles. The number of methoxy groups -OCH3 is 2. The molecular formula is C31H37N3O6. The molecule has 0 radical (unpaired) electrons. The van der Waals surface area contributed by atoms with Gasteiger partial charge in [0.1, 0.15) is 35.6 Å². The van der Waals surface area contributed by atoms with Gasteiger partial charge in [-0.3, -0.25) is 0 Å². The van der Waals surface area contributed by atoms with Gasteiger partial charge in [-0.15, -0.1) is 0 Å². The molecule has 212 valence electrons. The summed E-state index contributed by atoms with van der Waals surface area (Å²) in [6.07, 6.45) is 0.741. The predicted octanol–water partition coefficient (Wildman–Crippen LogP) is 5.13. The molecule has 2 aliphatic heterocycles. The second kappa shape index (κ2) is 13.6. The number of fused-ring (bicyclic) bond motifs is 1. The summed E-state index contributed by atoms with van der Waals surface area (Å²) in [7, 11) is 3.36. The van der Waals surface area contributed by atoms with E-state index in [0.29, 0.717) is 32.1 Å². The van der Waals surface area contributed by atoms with Crippen LogP contribution in [0.15, 0.2) is 71.9 Å². The maximum Gasteiger partial charge on any atom is 0.142 e. The van der Waals surface area contributed by atoms with Crippen LogP contribution in [0.4, 0.5) is 5.69 Å². The Morgan fingerprint density at radius 2 is 1.73 bits per heavy atom. The lowest BCUT2D eigenvalue weighted by Gasteiger charge is -2.36. The number of ether oxygens (including phenoxy) is 5. The topological polar surface area (TPSA) is 90.9 Å². The zero-order chi connectivity index (χ0) is 27.7. The molecule has 0 unspecified atom stereocenters. The van der Waals surface area contributed by atoms with E-state index in [0.717, 1.165) is 60.2 Å². The molecule has 3 aromatic carbocycles. The smallest absolute Gasteiger partial charge is 0.142 e. The minimum atomic E-state index is -0.430. The fourth-order valence-electron chi connectivity index (χ4n) is 5.36. The van der Waals surface area contributed by atoms with E-state index in [2.05, 4.69) is 21.5 Å². The summed E-state index contributed by atoms with van der Waals surface area (Å²) in [6.45, 7) is 4.74. The van der Waals surface area contributed by atoms with Crippen molar-refractivity contribution < 1.29 is 23.7 Å². The highest BCUT2D eigenvalue weighted by atomic mass is 16.5. The van der Waals surface area contributed by atoms with Gasteiger partial charge in [0.25, 0.3) is 0 Å². The largest absolute Gasteiger partial charge is 0.497 e. The monoisotopic (exact) mass is 547 g/mol. The number of hydrogen-bond donors (Lipinski definition) is 1. The number of nitrogens with zero attached hydrogens (tertiary/aromatic N) is 2. The first kappa shape index (κ1) is 27.9. The van der Waals surface area contributed by atoms with Crippen LogP contribution in [0.1, 0.15) is 23.5 Å². The van der Waals surface area contributed by atoms with Gasteiger partial charge in [0.05, 0.1) is 32.1 Å². The van der Waals surface area contributed by atoms with Crippen LogP contribution in [-0.2, 0) is 16.1 Å². The molecule has 1 fully saturated rings. The van der Waals surface area contributed by atoms with Crippen molar-refractivity contribution in [2.75, 3.05) is 58.5 Å². The number of nitroso groups, excluding NO2 is 1. The van der Waals surface area contributed by atoms with Crippen molar-refractivity contribution in [1.29, 1.82) is 0 Å². The Kier molecular flexibility index (Phi) is 9.49. The van der Waals surface area contributed by atoms with E-state index in [1.54, 1.807) is 14.2 Å². The fraction of sp³-hybridized carbons (Fsp3) is 0.419. The van der Waals surface area contributed by atoms with Crippen molar-refractivity contribution in [1.82, 2.24) is 5.32 Å². The summed E-state index contributed by atoms with van der Waals surface area (Å²) in [4.78, 5) is 14.2. The van der Waals surface area contributed by atoms with Gasteiger partial charge in [-0.1, -0.05) is 23.4 Å². The second-order valence-corrected chi connectivity index (χ2v) is 10.0. The third-order valence-electron chi connectivity index (χ3n) is 7.43. The van der Waals surface area contributed by atoms with E-state index in [4.69, 9.17) is 23.7 Å². The molecular weight excluding hydrogens is 510 g/mol. The fourth-order valence-corrected chi connectivity index (χ4v) is 5.36. The third-order valence-corrected chi connectivity index (χ3v) is 7.43. The molecule has 0 bridgehead atoms. The van der Waals surface area contributed by atoms with E-state index in [1.807, 2.05) is 60.7 Å². The minimum Gasteiger partial charge on any atom is -0.497 e. The number of hydrogen-bond acceptors (Lipinski definition) is 9. The van der Waals surface area contributed by atoms with Gasteiger partial charge < -0.3 is 33.9 Å². The molecule has 3 aromatic rings. The van der Waals surface area contributed by atoms with Crippen LogP contribution in [0.2, 0.25) is 0 Å². The number of anilines is 1. The van der Waals surface area contributed by atoms with E-state index >= 15 is 0 Å². The normalized spacial score (nSPS) is 20.4. The van der Waals surface area contributed by atoms with Gasteiger partial charge in [-0.2, -0.15) is 4.91 Å². The molecule has 1 saturated heterocycles. The van der Waals surface area contributed by atoms with Crippen molar-refractivity contribution in [3.63, 3.8) is 0 Å². The van der Waals surface area contributed by atoms with Crippen LogP contribution in [-0.4, -0.2) is 65.8 Å². The van der Waals surface area contributed by atoms with Gasteiger partial charge >= 0.3 is 0 Å². The first-order valence-corrected chi connectivity index (χ1v) is 13.7. The average Bonchev–Trinajstić information content (AvgIpc) is 3.01. The third kappa shape index (κ3) is 6.72. The zero-order valence-electron chi connectivity index (χ0n) is 23.1. The number of nitrogens with one attached hydrogen (secondary N) is 1. The number of rotatable bonds is 12. The van der Waals surface area contributed by atoms with Crippen molar-refractivity contribution in [2.45, 2.75) is 31.1 Å². The molecule has 2 heterocycles. The maximum absolute atomic E-state index is 11.8. The van der Waals surface area contributed by atoms with Crippen LogP contribution in [0.25, 0.3) is 0 Å². The van der Waals surface area contributed by atoms with E-state index in [-0.39, 0.29) is 12.0 Å². The second-order valence-electron chi connectivity index (χ2n) is 10.0. The quantitative estimate of drug-likeness (QED) is 0.247. The van der Waals surface area contributed by atoms with Gasteiger partial charge in [-0.25, -0.2) is 0 Å². The minimum absolute atomic E-state index is 0.166. The Bertz CT molecular complexity index is 1240.